The van der Waals surface area contributed by atoms with Crippen LogP contribution in [-0.2, 0) is 4.74 Å². The minimum absolute atomic E-state index is 0.200. The summed E-state index contributed by atoms with van der Waals surface area (Å²) < 4.78 is 10.8. The third kappa shape index (κ3) is 3.75. The van der Waals surface area contributed by atoms with Crippen molar-refractivity contribution >= 4 is 39.0 Å². The highest BCUT2D eigenvalue weighted by Crippen LogP contribution is 2.24. The molecule has 0 atom stereocenters. The summed E-state index contributed by atoms with van der Waals surface area (Å²) in [4.78, 5) is 26.2. The Morgan fingerprint density at radius 2 is 1.91 bits per heavy atom. The molecule has 0 unspecified atom stereocenters. The van der Waals surface area contributed by atoms with Crippen LogP contribution >= 0.6 is 27.3 Å². The van der Waals surface area contributed by atoms with Crippen LogP contribution in [0.4, 0.5) is 0 Å². The molecule has 0 aliphatic heterocycles. The molecule has 0 fully saturated rings. The summed E-state index contributed by atoms with van der Waals surface area (Å²) in [5.41, 5.74) is 0.936. The van der Waals surface area contributed by atoms with Crippen LogP contribution in [0.2, 0.25) is 0 Å². The van der Waals surface area contributed by atoms with Crippen LogP contribution in [0.1, 0.15) is 30.5 Å². The fraction of sp³-hybridized carbons (Fsp3) is 0.250. The number of hydrogen-bond acceptors (Lipinski definition) is 5. The Bertz CT molecular complexity index is 721. The second-order valence-electron chi connectivity index (χ2n) is 4.67. The molecule has 1 aromatic carbocycles. The molecular formula is C16H15BrO4S. The van der Waals surface area contributed by atoms with Crippen LogP contribution in [0.15, 0.2) is 28.7 Å². The molecule has 0 radical (unpaired) electrons. The molecule has 1 heterocycles. The van der Waals surface area contributed by atoms with E-state index >= 15 is 0 Å². The predicted octanol–water partition coefficient (Wildman–Crippen LogP) is 4.18. The number of ether oxygens (including phenoxy) is 2. The summed E-state index contributed by atoms with van der Waals surface area (Å²) in [5.74, 6) is -0.219. The molecule has 0 saturated carbocycles. The van der Waals surface area contributed by atoms with Crippen LogP contribution in [0, 0.1) is 13.8 Å². The van der Waals surface area contributed by atoms with Gasteiger partial charge in [0.2, 0.25) is 5.78 Å². The lowest BCUT2D eigenvalue weighted by Crippen LogP contribution is -2.15. The molecule has 22 heavy (non-hydrogen) atoms. The summed E-state index contributed by atoms with van der Waals surface area (Å²) in [5, 5.41) is 0. The van der Waals surface area contributed by atoms with Crippen molar-refractivity contribution in [3.05, 3.63) is 49.6 Å². The molecule has 116 valence electrons. The van der Waals surface area contributed by atoms with Gasteiger partial charge < -0.3 is 9.47 Å². The summed E-state index contributed by atoms with van der Waals surface area (Å²) in [6.45, 7) is 3.54. The third-order valence-electron chi connectivity index (χ3n) is 3.07. The number of hydrogen-bond donors (Lipinski definition) is 0. The zero-order valence-electron chi connectivity index (χ0n) is 12.4. The fourth-order valence-electron chi connectivity index (χ4n) is 1.98. The molecule has 6 heteroatoms. The van der Waals surface area contributed by atoms with Crippen LogP contribution in [0.5, 0.6) is 5.75 Å². The van der Waals surface area contributed by atoms with Gasteiger partial charge in [-0.15, -0.1) is 11.3 Å². The monoisotopic (exact) mass is 382 g/mol. The SMILES string of the molecule is COc1ccc(Br)c(C(=O)OCC(=O)c2cc(C)sc2C)c1. The predicted molar refractivity (Wildman–Crippen MR) is 89.1 cm³/mol. The second kappa shape index (κ2) is 7.07. The minimum atomic E-state index is -0.566. The average Bonchev–Trinajstić information content (AvgIpc) is 2.83. The topological polar surface area (TPSA) is 52.6 Å². The van der Waals surface area contributed by atoms with Crippen molar-refractivity contribution in [2.24, 2.45) is 0 Å². The number of halogens is 1. The Hall–Kier alpha value is -1.66. The van der Waals surface area contributed by atoms with Crippen LogP contribution in [0.3, 0.4) is 0 Å². The second-order valence-corrected chi connectivity index (χ2v) is 6.99. The Kier molecular flexibility index (Phi) is 5.37. The fourth-order valence-corrected chi connectivity index (χ4v) is 3.33. The number of carbonyl (C=O) groups excluding carboxylic acids is 2. The normalized spacial score (nSPS) is 10.4. The van der Waals surface area contributed by atoms with E-state index in [4.69, 9.17) is 9.47 Å². The van der Waals surface area contributed by atoms with Crippen molar-refractivity contribution in [3.8, 4) is 5.75 Å². The van der Waals surface area contributed by atoms with Gasteiger partial charge in [0.25, 0.3) is 0 Å². The first-order valence-corrected chi connectivity index (χ1v) is 8.14. The van der Waals surface area contributed by atoms with Crippen LogP contribution in [-0.4, -0.2) is 25.5 Å². The maximum Gasteiger partial charge on any atom is 0.339 e. The number of carbonyl (C=O) groups is 2. The first kappa shape index (κ1) is 16.7. The van der Waals surface area contributed by atoms with Crippen molar-refractivity contribution in [1.29, 1.82) is 0 Å². The van der Waals surface area contributed by atoms with Crippen molar-refractivity contribution in [2.45, 2.75) is 13.8 Å². The van der Waals surface area contributed by atoms with Crippen molar-refractivity contribution in [1.82, 2.24) is 0 Å². The third-order valence-corrected chi connectivity index (χ3v) is 4.73. The van der Waals surface area contributed by atoms with E-state index in [1.807, 2.05) is 19.9 Å². The molecule has 0 saturated heterocycles. The lowest BCUT2D eigenvalue weighted by molar-refractivity contribution is 0.0473. The van der Waals surface area contributed by atoms with Gasteiger partial charge in [0.1, 0.15) is 5.75 Å². The smallest absolute Gasteiger partial charge is 0.339 e. The highest BCUT2D eigenvalue weighted by Gasteiger charge is 2.17. The standard InChI is InChI=1S/C16H15BrO4S/c1-9-6-12(10(2)22-9)15(18)8-21-16(19)13-7-11(20-3)4-5-14(13)17/h4-7H,8H2,1-3H3. The number of methoxy groups -OCH3 is 1. The van der Waals surface area contributed by atoms with Gasteiger partial charge in [-0.05, 0) is 54.0 Å². The molecule has 2 aromatic rings. The lowest BCUT2D eigenvalue weighted by atomic mass is 10.1. The van der Waals surface area contributed by atoms with Gasteiger partial charge in [-0.25, -0.2) is 4.79 Å². The van der Waals surface area contributed by atoms with E-state index in [0.29, 0.717) is 21.3 Å². The Balaban J connectivity index is 2.07. The Morgan fingerprint density at radius 1 is 1.18 bits per heavy atom. The summed E-state index contributed by atoms with van der Waals surface area (Å²) in [6, 6.07) is 6.81. The first-order valence-electron chi connectivity index (χ1n) is 6.53. The zero-order chi connectivity index (χ0) is 16.3. The van der Waals surface area contributed by atoms with Gasteiger partial charge in [-0.2, -0.15) is 0 Å². The molecule has 0 N–H and O–H groups in total. The van der Waals surface area contributed by atoms with E-state index in [1.54, 1.807) is 29.5 Å². The van der Waals surface area contributed by atoms with Gasteiger partial charge >= 0.3 is 5.97 Å². The van der Waals surface area contributed by atoms with Gasteiger partial charge in [0, 0.05) is 19.8 Å². The zero-order valence-corrected chi connectivity index (χ0v) is 14.8. The average molecular weight is 383 g/mol. The van der Waals surface area contributed by atoms with Crippen molar-refractivity contribution in [2.75, 3.05) is 13.7 Å². The number of thiophene rings is 1. The molecule has 0 spiro atoms. The highest BCUT2D eigenvalue weighted by molar-refractivity contribution is 9.10. The van der Waals surface area contributed by atoms with E-state index in [1.165, 1.54) is 7.11 Å². The largest absolute Gasteiger partial charge is 0.497 e. The highest BCUT2D eigenvalue weighted by atomic mass is 79.9. The van der Waals surface area contributed by atoms with Gasteiger partial charge in [-0.3, -0.25) is 4.79 Å². The van der Waals surface area contributed by atoms with E-state index in [2.05, 4.69) is 15.9 Å². The van der Waals surface area contributed by atoms with E-state index < -0.39 is 5.97 Å². The molecule has 2 rings (SSSR count). The van der Waals surface area contributed by atoms with Gasteiger partial charge in [0.05, 0.1) is 12.7 Å². The maximum atomic E-state index is 12.1. The number of esters is 1. The van der Waals surface area contributed by atoms with Crippen molar-refractivity contribution < 1.29 is 19.1 Å². The summed E-state index contributed by atoms with van der Waals surface area (Å²) in [7, 11) is 1.52. The molecule has 0 aliphatic carbocycles. The summed E-state index contributed by atoms with van der Waals surface area (Å²) in [6.07, 6.45) is 0. The first-order chi connectivity index (χ1) is 10.4. The molecule has 0 bridgehead atoms. The Morgan fingerprint density at radius 3 is 2.50 bits per heavy atom. The minimum Gasteiger partial charge on any atom is -0.497 e. The Labute approximate surface area is 141 Å². The molecule has 4 nitrogen and oxygen atoms in total. The van der Waals surface area contributed by atoms with E-state index in [0.717, 1.165) is 9.75 Å². The van der Waals surface area contributed by atoms with E-state index in [-0.39, 0.29) is 12.4 Å². The molecule has 0 amide bonds. The van der Waals surface area contributed by atoms with Crippen LogP contribution in [0.25, 0.3) is 0 Å². The van der Waals surface area contributed by atoms with Crippen molar-refractivity contribution in [3.63, 3.8) is 0 Å². The number of Topliss-reactive ketones (excluding diaryl/α,β-unsaturated/α-hetero) is 1. The van der Waals surface area contributed by atoms with Gasteiger partial charge in [0.15, 0.2) is 6.61 Å². The number of benzene rings is 1. The number of ketones is 1. The van der Waals surface area contributed by atoms with Gasteiger partial charge in [-0.1, -0.05) is 0 Å². The molecular weight excluding hydrogens is 368 g/mol. The van der Waals surface area contributed by atoms with Crippen LogP contribution < -0.4 is 4.74 Å². The number of rotatable bonds is 5. The molecule has 1 aromatic heterocycles. The molecule has 0 aliphatic rings. The summed E-state index contributed by atoms with van der Waals surface area (Å²) >= 11 is 4.84. The number of aryl methyl sites for hydroxylation is 2. The van der Waals surface area contributed by atoms with E-state index in [9.17, 15) is 9.59 Å². The quantitative estimate of drug-likeness (QED) is 0.574. The maximum absolute atomic E-state index is 12.1. The lowest BCUT2D eigenvalue weighted by Gasteiger charge is -2.07.